The van der Waals surface area contributed by atoms with Gasteiger partial charge in [-0.3, -0.25) is 4.79 Å². The van der Waals surface area contributed by atoms with Crippen LogP contribution in [0.1, 0.15) is 51.3 Å². The smallest absolute Gasteiger partial charge is 0.237 e. The molecule has 0 unspecified atom stereocenters. The van der Waals surface area contributed by atoms with Crippen LogP contribution in [0.25, 0.3) is 10.9 Å². The van der Waals surface area contributed by atoms with Gasteiger partial charge in [-0.05, 0) is 58.6 Å². The molecule has 5 nitrogen and oxygen atoms in total. The Morgan fingerprint density at radius 1 is 1.36 bits per heavy atom. The molecule has 138 valence electrons. The van der Waals surface area contributed by atoms with Gasteiger partial charge in [0.15, 0.2) is 0 Å². The summed E-state index contributed by atoms with van der Waals surface area (Å²) in [5, 5.41) is 14.5. The standard InChI is InChI=1S/C20H31N3O2/c1-14(8-7-11-20(3,4)25)22-12-17-15(2)23(13-19(21)24)18-10-6-5-9-16(17)18/h5-6,9-10,14,22,25H,7-8,11-13H2,1-4H3,(H2,21,24)/t14-/m0/s1. The maximum Gasteiger partial charge on any atom is 0.237 e. The monoisotopic (exact) mass is 345 g/mol. The first-order valence-corrected chi connectivity index (χ1v) is 9.00. The zero-order valence-electron chi connectivity index (χ0n) is 15.8. The summed E-state index contributed by atoms with van der Waals surface area (Å²) < 4.78 is 1.99. The molecule has 1 aromatic carbocycles. The van der Waals surface area contributed by atoms with Crippen molar-refractivity contribution >= 4 is 16.8 Å². The molecular weight excluding hydrogens is 314 g/mol. The molecule has 2 rings (SSSR count). The molecule has 2 aromatic rings. The Balaban J connectivity index is 2.08. The Hall–Kier alpha value is -1.85. The third kappa shape index (κ3) is 5.31. The lowest BCUT2D eigenvalue weighted by Crippen LogP contribution is -2.27. The number of primary amides is 1. The molecule has 0 aliphatic rings. The molecule has 1 atom stereocenters. The Morgan fingerprint density at radius 2 is 2.04 bits per heavy atom. The molecule has 0 aliphatic heterocycles. The van der Waals surface area contributed by atoms with Crippen molar-refractivity contribution in [2.75, 3.05) is 0 Å². The van der Waals surface area contributed by atoms with Crippen LogP contribution in [0.5, 0.6) is 0 Å². The lowest BCUT2D eigenvalue weighted by Gasteiger charge is -2.19. The van der Waals surface area contributed by atoms with E-state index in [2.05, 4.69) is 18.3 Å². The van der Waals surface area contributed by atoms with Crippen LogP contribution in [0.3, 0.4) is 0 Å². The van der Waals surface area contributed by atoms with Crippen molar-refractivity contribution < 1.29 is 9.90 Å². The Morgan fingerprint density at radius 3 is 2.68 bits per heavy atom. The van der Waals surface area contributed by atoms with Gasteiger partial charge in [0.25, 0.3) is 0 Å². The van der Waals surface area contributed by atoms with Gasteiger partial charge in [-0.2, -0.15) is 0 Å². The Labute approximate surface area is 150 Å². The molecule has 0 saturated carbocycles. The highest BCUT2D eigenvalue weighted by atomic mass is 16.3. The summed E-state index contributed by atoms with van der Waals surface area (Å²) in [5.74, 6) is -0.330. The second-order valence-electron chi connectivity index (χ2n) is 7.62. The van der Waals surface area contributed by atoms with Crippen LogP contribution >= 0.6 is 0 Å². The second-order valence-corrected chi connectivity index (χ2v) is 7.62. The Bertz CT molecular complexity index is 728. The molecule has 1 heterocycles. The topological polar surface area (TPSA) is 80.3 Å². The SMILES string of the molecule is Cc1c(CN[C@@H](C)CCCC(C)(C)O)c2ccccc2n1CC(N)=O. The number of hydrogen-bond donors (Lipinski definition) is 3. The number of carbonyl (C=O) groups excluding carboxylic acids is 1. The van der Waals surface area contributed by atoms with E-state index in [9.17, 15) is 9.90 Å². The van der Waals surface area contributed by atoms with E-state index in [-0.39, 0.29) is 12.5 Å². The first kappa shape index (κ1) is 19.5. The van der Waals surface area contributed by atoms with E-state index in [1.165, 1.54) is 5.56 Å². The number of benzene rings is 1. The minimum absolute atomic E-state index is 0.202. The van der Waals surface area contributed by atoms with E-state index in [0.717, 1.165) is 42.4 Å². The summed E-state index contributed by atoms with van der Waals surface area (Å²) in [4.78, 5) is 11.4. The normalized spacial score (nSPS) is 13.3. The lowest BCUT2D eigenvalue weighted by atomic mass is 9.99. The van der Waals surface area contributed by atoms with Gasteiger partial charge in [-0.25, -0.2) is 0 Å². The molecule has 25 heavy (non-hydrogen) atoms. The van der Waals surface area contributed by atoms with E-state index in [4.69, 9.17) is 5.73 Å². The quantitative estimate of drug-likeness (QED) is 0.654. The van der Waals surface area contributed by atoms with Crippen LogP contribution in [-0.4, -0.2) is 27.2 Å². The fourth-order valence-corrected chi connectivity index (χ4v) is 3.30. The van der Waals surface area contributed by atoms with E-state index in [1.807, 2.05) is 43.5 Å². The summed E-state index contributed by atoms with van der Waals surface area (Å²) in [6, 6.07) is 8.49. The van der Waals surface area contributed by atoms with E-state index < -0.39 is 5.60 Å². The molecule has 1 aromatic heterocycles. The highest BCUT2D eigenvalue weighted by Crippen LogP contribution is 2.26. The molecule has 0 fully saturated rings. The maximum absolute atomic E-state index is 11.4. The zero-order valence-corrected chi connectivity index (χ0v) is 15.8. The van der Waals surface area contributed by atoms with E-state index >= 15 is 0 Å². The van der Waals surface area contributed by atoms with E-state index in [1.54, 1.807) is 0 Å². The van der Waals surface area contributed by atoms with Gasteiger partial charge >= 0.3 is 0 Å². The number of nitrogens with one attached hydrogen (secondary N) is 1. The number of aromatic nitrogens is 1. The molecule has 4 N–H and O–H groups in total. The van der Waals surface area contributed by atoms with Crippen molar-refractivity contribution in [3.63, 3.8) is 0 Å². The average molecular weight is 345 g/mol. The van der Waals surface area contributed by atoms with Crippen molar-refractivity contribution in [1.29, 1.82) is 0 Å². The first-order valence-electron chi connectivity index (χ1n) is 9.00. The summed E-state index contributed by atoms with van der Waals surface area (Å²) in [6.45, 7) is 8.86. The number of carbonyl (C=O) groups is 1. The van der Waals surface area contributed by atoms with Crippen molar-refractivity contribution in [2.45, 2.75) is 71.7 Å². The molecule has 5 heteroatoms. The Kier molecular flexibility index (Phi) is 6.25. The largest absolute Gasteiger partial charge is 0.390 e. The summed E-state index contributed by atoms with van der Waals surface area (Å²) in [6.07, 6.45) is 2.80. The van der Waals surface area contributed by atoms with Crippen LogP contribution in [0.15, 0.2) is 24.3 Å². The van der Waals surface area contributed by atoms with Gasteiger partial charge in [0.2, 0.25) is 5.91 Å². The van der Waals surface area contributed by atoms with Crippen LogP contribution in [0, 0.1) is 6.92 Å². The van der Waals surface area contributed by atoms with Crippen LogP contribution in [0.2, 0.25) is 0 Å². The van der Waals surface area contributed by atoms with Crippen LogP contribution < -0.4 is 11.1 Å². The minimum atomic E-state index is -0.599. The van der Waals surface area contributed by atoms with Crippen molar-refractivity contribution in [3.05, 3.63) is 35.5 Å². The lowest BCUT2D eigenvalue weighted by molar-refractivity contribution is -0.118. The number of hydrogen-bond acceptors (Lipinski definition) is 3. The molecule has 0 aliphatic carbocycles. The van der Waals surface area contributed by atoms with Gasteiger partial charge < -0.3 is 20.7 Å². The zero-order chi connectivity index (χ0) is 18.6. The predicted octanol–water partition coefficient (Wildman–Crippen LogP) is 2.85. The molecule has 0 radical (unpaired) electrons. The summed E-state index contributed by atoms with van der Waals surface area (Å²) in [7, 11) is 0. The van der Waals surface area contributed by atoms with Crippen LogP contribution in [-0.2, 0) is 17.9 Å². The van der Waals surface area contributed by atoms with Gasteiger partial charge in [-0.15, -0.1) is 0 Å². The van der Waals surface area contributed by atoms with Crippen molar-refractivity contribution in [3.8, 4) is 0 Å². The predicted molar refractivity (Wildman–Crippen MR) is 102 cm³/mol. The number of rotatable bonds is 9. The fraction of sp³-hybridized carbons (Fsp3) is 0.550. The summed E-state index contributed by atoms with van der Waals surface area (Å²) >= 11 is 0. The number of nitrogens with zero attached hydrogens (tertiary/aromatic N) is 1. The van der Waals surface area contributed by atoms with Gasteiger partial charge in [0.05, 0.1) is 5.60 Å². The summed E-state index contributed by atoms with van der Waals surface area (Å²) in [5.41, 5.74) is 8.15. The second kappa shape index (κ2) is 8.02. The fourth-order valence-electron chi connectivity index (χ4n) is 3.30. The number of nitrogens with two attached hydrogens (primary N) is 1. The highest BCUT2D eigenvalue weighted by molar-refractivity contribution is 5.87. The molecular formula is C20H31N3O2. The molecule has 0 spiro atoms. The van der Waals surface area contributed by atoms with Gasteiger partial charge in [0.1, 0.15) is 6.54 Å². The number of amides is 1. The molecule has 0 bridgehead atoms. The number of fused-ring (bicyclic) bond motifs is 1. The average Bonchev–Trinajstić information content (AvgIpc) is 2.76. The third-order valence-corrected chi connectivity index (χ3v) is 4.73. The minimum Gasteiger partial charge on any atom is -0.390 e. The third-order valence-electron chi connectivity index (χ3n) is 4.73. The van der Waals surface area contributed by atoms with E-state index in [0.29, 0.717) is 6.04 Å². The van der Waals surface area contributed by atoms with Gasteiger partial charge in [-0.1, -0.05) is 18.2 Å². The van der Waals surface area contributed by atoms with Crippen molar-refractivity contribution in [2.24, 2.45) is 5.73 Å². The molecule has 0 saturated heterocycles. The van der Waals surface area contributed by atoms with Crippen LogP contribution in [0.4, 0.5) is 0 Å². The number of aliphatic hydroxyl groups is 1. The number of para-hydroxylation sites is 1. The highest BCUT2D eigenvalue weighted by Gasteiger charge is 2.16. The van der Waals surface area contributed by atoms with Crippen molar-refractivity contribution in [1.82, 2.24) is 9.88 Å². The molecule has 1 amide bonds. The maximum atomic E-state index is 11.4. The van der Waals surface area contributed by atoms with Gasteiger partial charge in [0, 0.05) is 29.2 Å². The first-order chi connectivity index (χ1) is 11.7.